The van der Waals surface area contributed by atoms with E-state index >= 15 is 0 Å². The Bertz CT molecular complexity index is 25.0. The summed E-state index contributed by atoms with van der Waals surface area (Å²) in [5, 5.41) is 7.83. The van der Waals surface area contributed by atoms with Crippen LogP contribution in [0.1, 0.15) is 33.6 Å². The summed E-state index contributed by atoms with van der Waals surface area (Å²) in [5.74, 6) is 0. The number of unbranched alkanes of at least 4 members (excludes halogenated alkanes) is 1. The lowest BCUT2D eigenvalue weighted by atomic mass is 10.4. The number of hydrogen-bond acceptors (Lipinski definition) is 2. The quantitative estimate of drug-likeness (QED) is 0.507. The molecule has 1 unspecified atom stereocenters. The van der Waals surface area contributed by atoms with Crippen molar-refractivity contribution in [3.8, 4) is 0 Å². The molecule has 0 aliphatic rings. The van der Waals surface area contributed by atoms with Crippen molar-refractivity contribution in [1.82, 2.24) is 0 Å². The van der Waals surface area contributed by atoms with Gasteiger partial charge in [0.2, 0.25) is 0 Å². The molecule has 0 aromatic carbocycles. The van der Waals surface area contributed by atoms with E-state index in [0.29, 0.717) is 0 Å². The summed E-state index contributed by atoms with van der Waals surface area (Å²) in [6.45, 7) is 5.86. The Kier molecular flexibility index (Phi) is 13.6. The van der Waals surface area contributed by atoms with Gasteiger partial charge in [-0.1, -0.05) is 26.7 Å². The van der Waals surface area contributed by atoms with Crippen molar-refractivity contribution >= 4 is 0 Å². The first-order chi connectivity index (χ1) is 3.65. The van der Waals surface area contributed by atoms with Crippen LogP contribution >= 0.6 is 0 Å². The molecule has 0 spiro atoms. The molecule has 0 radical (unpaired) electrons. The molecule has 3 N–H and O–H groups in total. The standard InChI is InChI=1S/C4H10.C2H7NO/c1-3-4-2;1-2(3)4/h3-4H2,1-2H3;2,4H,3H2,1H3. The normalized spacial score (nSPS) is 11.6. The summed E-state index contributed by atoms with van der Waals surface area (Å²) in [6, 6.07) is 0. The second-order valence-corrected chi connectivity index (χ2v) is 1.74. The van der Waals surface area contributed by atoms with Crippen LogP contribution in [0.3, 0.4) is 0 Å². The summed E-state index contributed by atoms with van der Waals surface area (Å²) in [4.78, 5) is 0. The summed E-state index contributed by atoms with van der Waals surface area (Å²) in [5.41, 5.74) is 4.67. The maximum atomic E-state index is 7.83. The van der Waals surface area contributed by atoms with Crippen LogP contribution in [-0.4, -0.2) is 11.3 Å². The minimum atomic E-state index is -0.667. The number of aliphatic hydroxyl groups is 1. The summed E-state index contributed by atoms with van der Waals surface area (Å²) < 4.78 is 0. The van der Waals surface area contributed by atoms with E-state index in [0.717, 1.165) is 0 Å². The van der Waals surface area contributed by atoms with Crippen LogP contribution in [0.15, 0.2) is 0 Å². The van der Waals surface area contributed by atoms with Crippen molar-refractivity contribution in [2.75, 3.05) is 0 Å². The van der Waals surface area contributed by atoms with Gasteiger partial charge in [0.1, 0.15) is 0 Å². The van der Waals surface area contributed by atoms with Crippen LogP contribution < -0.4 is 5.73 Å². The zero-order valence-electron chi connectivity index (χ0n) is 6.02. The van der Waals surface area contributed by atoms with Crippen LogP contribution in [0, 0.1) is 0 Å². The van der Waals surface area contributed by atoms with Crippen LogP contribution in [0.5, 0.6) is 0 Å². The van der Waals surface area contributed by atoms with Gasteiger partial charge in [0.05, 0.1) is 6.23 Å². The Labute approximate surface area is 51.7 Å². The Morgan fingerprint density at radius 1 is 1.38 bits per heavy atom. The lowest BCUT2D eigenvalue weighted by molar-refractivity contribution is 0.203. The number of hydrogen-bond donors (Lipinski definition) is 2. The van der Waals surface area contributed by atoms with E-state index in [1.807, 2.05) is 0 Å². The van der Waals surface area contributed by atoms with Crippen LogP contribution in [-0.2, 0) is 0 Å². The topological polar surface area (TPSA) is 46.2 Å². The molecule has 0 saturated carbocycles. The average molecular weight is 119 g/mol. The smallest absolute Gasteiger partial charge is 0.0991 e. The van der Waals surface area contributed by atoms with Crippen molar-refractivity contribution in [2.24, 2.45) is 5.73 Å². The third kappa shape index (κ3) is 169. The fraction of sp³-hybridized carbons (Fsp3) is 1.00. The molecule has 0 aliphatic heterocycles. The minimum Gasteiger partial charge on any atom is -0.379 e. The average Bonchev–Trinajstić information content (AvgIpc) is 1.65. The summed E-state index contributed by atoms with van der Waals surface area (Å²) in [7, 11) is 0. The highest BCUT2D eigenvalue weighted by Gasteiger charge is 1.68. The molecule has 0 bridgehead atoms. The molecule has 0 fully saturated rings. The van der Waals surface area contributed by atoms with E-state index < -0.39 is 6.23 Å². The largest absolute Gasteiger partial charge is 0.379 e. The van der Waals surface area contributed by atoms with E-state index in [2.05, 4.69) is 19.6 Å². The molecule has 0 rings (SSSR count). The molecule has 1 atom stereocenters. The zero-order chi connectivity index (χ0) is 6.99. The molecular formula is C6H17NO. The maximum Gasteiger partial charge on any atom is 0.0991 e. The Hall–Kier alpha value is -0.0800. The van der Waals surface area contributed by atoms with Gasteiger partial charge in [0.25, 0.3) is 0 Å². The highest BCUT2D eigenvalue weighted by Crippen LogP contribution is 1.76. The van der Waals surface area contributed by atoms with Gasteiger partial charge in [-0.05, 0) is 6.92 Å². The van der Waals surface area contributed by atoms with Gasteiger partial charge < -0.3 is 10.8 Å². The first-order valence-corrected chi connectivity index (χ1v) is 3.08. The van der Waals surface area contributed by atoms with E-state index in [1.54, 1.807) is 0 Å². The molecular weight excluding hydrogens is 102 g/mol. The van der Waals surface area contributed by atoms with Crippen LogP contribution in [0.25, 0.3) is 0 Å². The van der Waals surface area contributed by atoms with Crippen molar-refractivity contribution in [1.29, 1.82) is 0 Å². The van der Waals surface area contributed by atoms with E-state index in [1.165, 1.54) is 19.8 Å². The van der Waals surface area contributed by atoms with Gasteiger partial charge in [-0.3, -0.25) is 0 Å². The second-order valence-electron chi connectivity index (χ2n) is 1.74. The van der Waals surface area contributed by atoms with E-state index in [9.17, 15) is 0 Å². The van der Waals surface area contributed by atoms with E-state index in [-0.39, 0.29) is 0 Å². The van der Waals surface area contributed by atoms with Crippen molar-refractivity contribution in [3.05, 3.63) is 0 Å². The molecule has 2 heteroatoms. The van der Waals surface area contributed by atoms with Crippen molar-refractivity contribution in [3.63, 3.8) is 0 Å². The monoisotopic (exact) mass is 119 g/mol. The Morgan fingerprint density at radius 3 is 1.50 bits per heavy atom. The summed E-state index contributed by atoms with van der Waals surface area (Å²) in [6.07, 6.45) is 1.97. The van der Waals surface area contributed by atoms with Crippen molar-refractivity contribution < 1.29 is 5.11 Å². The molecule has 8 heavy (non-hydrogen) atoms. The Morgan fingerprint density at radius 2 is 1.50 bits per heavy atom. The fourth-order valence-electron chi connectivity index (χ4n) is 0. The van der Waals surface area contributed by atoms with Gasteiger partial charge in [-0.15, -0.1) is 0 Å². The number of nitrogens with two attached hydrogens (primary N) is 1. The highest BCUT2D eigenvalue weighted by atomic mass is 16.3. The molecule has 0 aromatic rings. The zero-order valence-corrected chi connectivity index (χ0v) is 6.02. The lowest BCUT2D eigenvalue weighted by Crippen LogP contribution is -2.11. The SMILES string of the molecule is CC(N)O.CCCC. The molecule has 0 aromatic heterocycles. The third-order valence-corrected chi connectivity index (χ3v) is 0.500. The van der Waals surface area contributed by atoms with Gasteiger partial charge in [0.15, 0.2) is 0 Å². The third-order valence-electron chi connectivity index (χ3n) is 0.500. The first kappa shape index (κ1) is 10.8. The van der Waals surface area contributed by atoms with Gasteiger partial charge >= 0.3 is 0 Å². The van der Waals surface area contributed by atoms with E-state index in [4.69, 9.17) is 5.11 Å². The predicted molar refractivity (Wildman–Crippen MR) is 36.5 cm³/mol. The fourth-order valence-corrected chi connectivity index (χ4v) is 0. The molecule has 52 valence electrons. The second kappa shape index (κ2) is 10.0. The van der Waals surface area contributed by atoms with Gasteiger partial charge in [0, 0.05) is 0 Å². The molecule has 0 amide bonds. The number of rotatable bonds is 1. The lowest BCUT2D eigenvalue weighted by Gasteiger charge is -1.82. The Balaban J connectivity index is 0. The molecule has 0 saturated heterocycles. The molecule has 0 heterocycles. The van der Waals surface area contributed by atoms with Gasteiger partial charge in [-0.25, -0.2) is 0 Å². The number of aliphatic hydroxyl groups excluding tert-OH is 1. The van der Waals surface area contributed by atoms with Crippen LogP contribution in [0.2, 0.25) is 0 Å². The molecule has 2 nitrogen and oxygen atoms in total. The summed E-state index contributed by atoms with van der Waals surface area (Å²) >= 11 is 0. The predicted octanol–water partition coefficient (Wildman–Crippen LogP) is 1.09. The highest BCUT2D eigenvalue weighted by molar-refractivity contribution is 4.16. The van der Waals surface area contributed by atoms with Crippen LogP contribution in [0.4, 0.5) is 0 Å². The minimum absolute atomic E-state index is 0.667. The maximum absolute atomic E-state index is 7.83. The van der Waals surface area contributed by atoms with Gasteiger partial charge in [-0.2, -0.15) is 0 Å². The van der Waals surface area contributed by atoms with Crippen molar-refractivity contribution in [2.45, 2.75) is 39.8 Å². The molecule has 0 aliphatic carbocycles. The first-order valence-electron chi connectivity index (χ1n) is 3.08.